The Balaban J connectivity index is 2.24. The minimum Gasteiger partial charge on any atom is -0.374 e. The lowest BCUT2D eigenvalue weighted by molar-refractivity contribution is -0.132. The summed E-state index contributed by atoms with van der Waals surface area (Å²) in [6, 6.07) is 3.38. The van der Waals surface area contributed by atoms with E-state index in [0.717, 1.165) is 6.07 Å². The first-order valence-corrected chi connectivity index (χ1v) is 6.96. The molecule has 0 spiro atoms. The second-order valence-corrected chi connectivity index (χ2v) is 5.66. The van der Waals surface area contributed by atoms with Crippen LogP contribution < -0.4 is 5.32 Å². The van der Waals surface area contributed by atoms with Gasteiger partial charge < -0.3 is 9.64 Å². The highest BCUT2D eigenvalue weighted by Gasteiger charge is 2.37. The van der Waals surface area contributed by atoms with E-state index in [1.165, 1.54) is 17.0 Å². The van der Waals surface area contributed by atoms with E-state index in [9.17, 15) is 13.6 Å². The number of nitrogens with zero attached hydrogens (tertiary/aromatic N) is 1. The second kappa shape index (κ2) is 6.07. The van der Waals surface area contributed by atoms with Crippen LogP contribution in [-0.4, -0.2) is 36.1 Å². The summed E-state index contributed by atoms with van der Waals surface area (Å²) in [4.78, 5) is 13.6. The smallest absolute Gasteiger partial charge is 0.238 e. The van der Waals surface area contributed by atoms with E-state index in [2.05, 4.69) is 5.32 Å². The van der Waals surface area contributed by atoms with Gasteiger partial charge in [-0.3, -0.25) is 10.1 Å². The Bertz CT molecular complexity index is 534. The molecule has 0 aliphatic carbocycles. The molecule has 6 heteroatoms. The van der Waals surface area contributed by atoms with E-state index < -0.39 is 23.4 Å². The van der Waals surface area contributed by atoms with Gasteiger partial charge in [-0.25, -0.2) is 8.78 Å². The van der Waals surface area contributed by atoms with E-state index in [1.54, 1.807) is 0 Å². The van der Waals surface area contributed by atoms with E-state index in [1.807, 2.05) is 20.8 Å². The third kappa shape index (κ3) is 3.57. The van der Waals surface area contributed by atoms with Crippen molar-refractivity contribution in [2.24, 2.45) is 0 Å². The molecule has 116 valence electrons. The maximum Gasteiger partial charge on any atom is 0.238 e. The zero-order chi connectivity index (χ0) is 15.6. The van der Waals surface area contributed by atoms with Crippen molar-refractivity contribution in [3.8, 4) is 0 Å². The highest BCUT2D eigenvalue weighted by Crippen LogP contribution is 2.27. The van der Waals surface area contributed by atoms with Crippen molar-refractivity contribution in [3.05, 3.63) is 35.4 Å². The second-order valence-electron chi connectivity index (χ2n) is 5.66. The van der Waals surface area contributed by atoms with Crippen LogP contribution in [0, 0.1) is 11.6 Å². The lowest BCUT2D eigenvalue weighted by Gasteiger charge is -2.33. The minimum absolute atomic E-state index is 0.128. The van der Waals surface area contributed by atoms with Gasteiger partial charge in [0.05, 0.1) is 18.7 Å². The van der Waals surface area contributed by atoms with Crippen LogP contribution in [0.5, 0.6) is 0 Å². The molecule has 1 fully saturated rings. The monoisotopic (exact) mass is 298 g/mol. The predicted octanol–water partition coefficient (Wildman–Crippen LogP) is 2.21. The quantitative estimate of drug-likeness (QED) is 0.906. The first-order valence-electron chi connectivity index (χ1n) is 6.96. The zero-order valence-electron chi connectivity index (χ0n) is 12.5. The average molecular weight is 298 g/mol. The standard InChI is InChI=1S/C15H20F2N2O2/c1-4-21-15(2,3)9-19-13(20)8-18-14(19)11-6-5-10(16)7-12(11)17/h5-7,14,18H,4,8-9H2,1-3H3. The van der Waals surface area contributed by atoms with Crippen molar-refractivity contribution in [1.82, 2.24) is 10.2 Å². The van der Waals surface area contributed by atoms with Crippen LogP contribution in [0.2, 0.25) is 0 Å². The molecule has 0 radical (unpaired) electrons. The molecule has 1 atom stereocenters. The molecular weight excluding hydrogens is 278 g/mol. The molecule has 1 aromatic carbocycles. The van der Waals surface area contributed by atoms with Gasteiger partial charge in [0.1, 0.15) is 17.8 Å². The van der Waals surface area contributed by atoms with E-state index in [0.29, 0.717) is 13.2 Å². The summed E-state index contributed by atoms with van der Waals surface area (Å²) < 4.78 is 32.6. The molecule has 2 rings (SSSR count). The zero-order valence-corrected chi connectivity index (χ0v) is 12.5. The van der Waals surface area contributed by atoms with Gasteiger partial charge in [0, 0.05) is 18.2 Å². The van der Waals surface area contributed by atoms with Gasteiger partial charge in [0.15, 0.2) is 0 Å². The lowest BCUT2D eigenvalue weighted by Crippen LogP contribution is -2.43. The van der Waals surface area contributed by atoms with Gasteiger partial charge in [0.2, 0.25) is 5.91 Å². The topological polar surface area (TPSA) is 41.6 Å². The van der Waals surface area contributed by atoms with Gasteiger partial charge in [0.25, 0.3) is 0 Å². The molecule has 1 amide bonds. The molecule has 1 unspecified atom stereocenters. The highest BCUT2D eigenvalue weighted by molar-refractivity contribution is 5.81. The Kier molecular flexibility index (Phi) is 4.58. The number of benzene rings is 1. The van der Waals surface area contributed by atoms with Crippen LogP contribution in [0.3, 0.4) is 0 Å². The number of rotatable bonds is 5. The number of ether oxygens (including phenoxy) is 1. The Morgan fingerprint density at radius 1 is 1.43 bits per heavy atom. The molecular formula is C15H20F2N2O2. The number of amides is 1. The summed E-state index contributed by atoms with van der Waals surface area (Å²) in [6.45, 7) is 6.61. The summed E-state index contributed by atoms with van der Waals surface area (Å²) in [5, 5.41) is 2.96. The lowest BCUT2D eigenvalue weighted by atomic mass is 10.1. The van der Waals surface area contributed by atoms with Crippen molar-refractivity contribution in [2.75, 3.05) is 19.7 Å². The van der Waals surface area contributed by atoms with E-state index in [4.69, 9.17) is 4.74 Å². The Morgan fingerprint density at radius 3 is 2.76 bits per heavy atom. The molecule has 4 nitrogen and oxygen atoms in total. The average Bonchev–Trinajstić information content (AvgIpc) is 2.71. The molecule has 1 saturated heterocycles. The van der Waals surface area contributed by atoms with Crippen LogP contribution >= 0.6 is 0 Å². The van der Waals surface area contributed by atoms with Crippen molar-refractivity contribution in [1.29, 1.82) is 0 Å². The maximum atomic E-state index is 13.9. The van der Waals surface area contributed by atoms with Crippen LogP contribution in [-0.2, 0) is 9.53 Å². The molecule has 0 aromatic heterocycles. The Hall–Kier alpha value is -1.53. The minimum atomic E-state index is -0.665. The van der Waals surface area contributed by atoms with Crippen molar-refractivity contribution >= 4 is 5.91 Å². The SMILES string of the molecule is CCOC(C)(C)CN1C(=O)CNC1c1ccc(F)cc1F. The van der Waals surface area contributed by atoms with Gasteiger partial charge in [-0.2, -0.15) is 0 Å². The van der Waals surface area contributed by atoms with Crippen LogP contribution in [0.1, 0.15) is 32.5 Å². The summed E-state index contributed by atoms with van der Waals surface area (Å²) in [7, 11) is 0. The van der Waals surface area contributed by atoms with Crippen molar-refractivity contribution < 1.29 is 18.3 Å². The third-order valence-electron chi connectivity index (χ3n) is 3.42. The third-order valence-corrected chi connectivity index (χ3v) is 3.42. The normalized spacial score (nSPS) is 19.4. The van der Waals surface area contributed by atoms with Crippen LogP contribution in [0.25, 0.3) is 0 Å². The number of carbonyl (C=O) groups is 1. The first-order chi connectivity index (χ1) is 9.84. The maximum absolute atomic E-state index is 13.9. The fraction of sp³-hybridized carbons (Fsp3) is 0.533. The molecule has 0 saturated carbocycles. The first kappa shape index (κ1) is 15.9. The van der Waals surface area contributed by atoms with Gasteiger partial charge in [-0.1, -0.05) is 0 Å². The van der Waals surface area contributed by atoms with Crippen LogP contribution in [0.15, 0.2) is 18.2 Å². The molecule has 21 heavy (non-hydrogen) atoms. The molecule has 1 heterocycles. The van der Waals surface area contributed by atoms with Crippen molar-refractivity contribution in [3.63, 3.8) is 0 Å². The Labute approximate surface area is 123 Å². The van der Waals surface area contributed by atoms with Crippen LogP contribution in [0.4, 0.5) is 8.78 Å². The summed E-state index contributed by atoms with van der Waals surface area (Å²) >= 11 is 0. The largest absolute Gasteiger partial charge is 0.374 e. The van der Waals surface area contributed by atoms with Crippen molar-refractivity contribution in [2.45, 2.75) is 32.5 Å². The molecule has 1 aliphatic heterocycles. The number of hydrogen-bond acceptors (Lipinski definition) is 3. The fourth-order valence-electron chi connectivity index (χ4n) is 2.57. The fourth-order valence-corrected chi connectivity index (χ4v) is 2.57. The number of carbonyl (C=O) groups excluding carboxylic acids is 1. The highest BCUT2D eigenvalue weighted by atomic mass is 19.1. The predicted molar refractivity (Wildman–Crippen MR) is 74.5 cm³/mol. The number of halogens is 2. The number of nitrogens with one attached hydrogen (secondary N) is 1. The van der Waals surface area contributed by atoms with Gasteiger partial charge in [-0.15, -0.1) is 0 Å². The number of hydrogen-bond donors (Lipinski definition) is 1. The van der Waals surface area contributed by atoms with Gasteiger partial charge in [-0.05, 0) is 32.9 Å². The van der Waals surface area contributed by atoms with E-state index in [-0.39, 0.29) is 18.0 Å². The molecule has 1 aromatic rings. The molecule has 1 aliphatic rings. The summed E-state index contributed by atoms with van der Waals surface area (Å²) in [5.74, 6) is -1.43. The Morgan fingerprint density at radius 2 is 2.14 bits per heavy atom. The van der Waals surface area contributed by atoms with E-state index >= 15 is 0 Å². The van der Waals surface area contributed by atoms with Gasteiger partial charge >= 0.3 is 0 Å². The molecule has 0 bridgehead atoms. The molecule has 1 N–H and O–H groups in total. The summed E-state index contributed by atoms with van der Waals surface area (Å²) in [5.41, 5.74) is -0.278. The summed E-state index contributed by atoms with van der Waals surface area (Å²) in [6.07, 6.45) is -0.599.